The van der Waals surface area contributed by atoms with Gasteiger partial charge < -0.3 is 4.98 Å². The van der Waals surface area contributed by atoms with Gasteiger partial charge in [-0.1, -0.05) is 18.2 Å². The summed E-state index contributed by atoms with van der Waals surface area (Å²) < 4.78 is 15.8. The van der Waals surface area contributed by atoms with Crippen molar-refractivity contribution < 1.29 is 4.39 Å². The molecule has 2 aliphatic rings. The molecular formula is C25H20FN3O. The number of hydrogen-bond donors (Lipinski definition) is 1. The molecule has 2 heterocycles. The van der Waals surface area contributed by atoms with Crippen LogP contribution in [0.1, 0.15) is 46.8 Å². The molecular weight excluding hydrogens is 377 g/mol. The fourth-order valence-corrected chi connectivity index (χ4v) is 4.57. The Labute approximate surface area is 172 Å². The number of aromatic amines is 1. The van der Waals surface area contributed by atoms with Crippen molar-refractivity contribution in [2.24, 2.45) is 0 Å². The lowest BCUT2D eigenvalue weighted by Crippen LogP contribution is -2.14. The number of aromatic nitrogens is 3. The Bertz CT molecular complexity index is 1390. The molecule has 6 rings (SSSR count). The number of fused-ring (bicyclic) bond motifs is 3. The minimum absolute atomic E-state index is 0.0397. The van der Waals surface area contributed by atoms with Crippen molar-refractivity contribution in [2.75, 3.05) is 0 Å². The van der Waals surface area contributed by atoms with Crippen LogP contribution in [0.25, 0.3) is 22.7 Å². The second-order valence-corrected chi connectivity index (χ2v) is 8.17. The van der Waals surface area contributed by atoms with E-state index in [-0.39, 0.29) is 11.5 Å². The molecule has 0 amide bonds. The Balaban J connectivity index is 1.55. The first-order chi connectivity index (χ1) is 14.7. The van der Waals surface area contributed by atoms with Gasteiger partial charge in [0.1, 0.15) is 5.82 Å². The van der Waals surface area contributed by atoms with Gasteiger partial charge >= 0.3 is 5.69 Å². The van der Waals surface area contributed by atoms with Gasteiger partial charge in [-0.25, -0.2) is 9.18 Å². The lowest BCUT2D eigenvalue weighted by Gasteiger charge is -2.12. The molecule has 0 unspecified atom stereocenters. The van der Waals surface area contributed by atoms with E-state index in [1.807, 2.05) is 41.1 Å². The molecule has 5 heteroatoms. The largest absolute Gasteiger partial charge is 0.326 e. The summed E-state index contributed by atoms with van der Waals surface area (Å²) in [6, 6.07) is 15.5. The van der Waals surface area contributed by atoms with Crippen LogP contribution in [-0.2, 0) is 12.8 Å². The normalized spacial score (nSPS) is 17.0. The SMILES string of the molecule is O=c1[nH]c2cc(/C=C3\c4ccc(F)cc4CCc4ncccc43)ccc2n1C1CC1. The van der Waals surface area contributed by atoms with Crippen molar-refractivity contribution in [1.82, 2.24) is 14.5 Å². The molecule has 0 spiro atoms. The number of halogens is 1. The fraction of sp³-hybridized carbons (Fsp3) is 0.200. The second kappa shape index (κ2) is 6.52. The van der Waals surface area contributed by atoms with Crippen LogP contribution in [0.15, 0.2) is 59.5 Å². The third-order valence-corrected chi connectivity index (χ3v) is 6.13. The number of imidazole rings is 1. The van der Waals surface area contributed by atoms with Crippen molar-refractivity contribution in [1.29, 1.82) is 0 Å². The van der Waals surface area contributed by atoms with E-state index in [0.29, 0.717) is 6.04 Å². The highest BCUT2D eigenvalue weighted by atomic mass is 19.1. The van der Waals surface area contributed by atoms with E-state index in [4.69, 9.17) is 0 Å². The first kappa shape index (κ1) is 17.4. The molecule has 2 aromatic heterocycles. The Kier molecular flexibility index (Phi) is 3.78. The van der Waals surface area contributed by atoms with Crippen LogP contribution in [-0.4, -0.2) is 14.5 Å². The van der Waals surface area contributed by atoms with E-state index in [1.165, 1.54) is 6.07 Å². The number of rotatable bonds is 2. The zero-order chi connectivity index (χ0) is 20.2. The van der Waals surface area contributed by atoms with E-state index in [9.17, 15) is 9.18 Å². The Morgan fingerprint density at radius 1 is 1.07 bits per heavy atom. The molecule has 1 fully saturated rings. The van der Waals surface area contributed by atoms with Gasteiger partial charge in [0, 0.05) is 23.5 Å². The monoisotopic (exact) mass is 397 g/mol. The molecule has 1 N–H and O–H groups in total. The Morgan fingerprint density at radius 2 is 1.97 bits per heavy atom. The van der Waals surface area contributed by atoms with Gasteiger partial charge in [0.15, 0.2) is 0 Å². The van der Waals surface area contributed by atoms with Crippen molar-refractivity contribution in [3.8, 4) is 0 Å². The van der Waals surface area contributed by atoms with Crippen molar-refractivity contribution in [3.05, 3.63) is 99.0 Å². The quantitative estimate of drug-likeness (QED) is 0.524. The zero-order valence-electron chi connectivity index (χ0n) is 16.4. The van der Waals surface area contributed by atoms with Gasteiger partial charge in [-0.3, -0.25) is 9.55 Å². The van der Waals surface area contributed by atoms with Crippen molar-refractivity contribution in [2.45, 2.75) is 31.7 Å². The zero-order valence-corrected chi connectivity index (χ0v) is 16.4. The summed E-state index contributed by atoms with van der Waals surface area (Å²) in [5.41, 5.74) is 7.92. The lowest BCUT2D eigenvalue weighted by molar-refractivity contribution is 0.625. The van der Waals surface area contributed by atoms with Crippen LogP contribution in [0.5, 0.6) is 0 Å². The molecule has 0 radical (unpaired) electrons. The highest BCUT2D eigenvalue weighted by Gasteiger charge is 2.27. The standard InChI is InChI=1S/C25H20FN3O/c26-17-5-8-19-16(14-17)4-9-22-20(2-1-11-27-22)21(19)12-15-3-10-24-23(13-15)28-25(30)29(24)18-6-7-18/h1-3,5,8,10-14,18H,4,6-7,9H2,(H,28,30)/b21-12+. The summed E-state index contributed by atoms with van der Waals surface area (Å²) in [6.07, 6.45) is 7.59. The predicted molar refractivity (Wildman–Crippen MR) is 116 cm³/mol. The molecule has 2 aliphatic carbocycles. The molecule has 0 bridgehead atoms. The highest BCUT2D eigenvalue weighted by molar-refractivity contribution is 5.95. The van der Waals surface area contributed by atoms with Gasteiger partial charge in [0.2, 0.25) is 0 Å². The van der Waals surface area contributed by atoms with E-state index in [0.717, 1.165) is 70.2 Å². The second-order valence-electron chi connectivity index (χ2n) is 8.17. The van der Waals surface area contributed by atoms with E-state index >= 15 is 0 Å². The summed E-state index contributed by atoms with van der Waals surface area (Å²) in [5.74, 6) is -0.215. The first-order valence-electron chi connectivity index (χ1n) is 10.4. The number of benzene rings is 2. The number of aryl methyl sites for hydroxylation is 2. The molecule has 30 heavy (non-hydrogen) atoms. The minimum atomic E-state index is -0.215. The molecule has 0 saturated heterocycles. The average Bonchev–Trinajstić information content (AvgIpc) is 3.54. The van der Waals surface area contributed by atoms with E-state index in [1.54, 1.807) is 6.07 Å². The highest BCUT2D eigenvalue weighted by Crippen LogP contribution is 2.37. The summed E-state index contributed by atoms with van der Waals surface area (Å²) in [4.78, 5) is 20.0. The third kappa shape index (κ3) is 2.81. The predicted octanol–water partition coefficient (Wildman–Crippen LogP) is 4.89. The lowest BCUT2D eigenvalue weighted by atomic mass is 9.93. The smallest absolute Gasteiger partial charge is 0.306 e. The molecule has 4 aromatic rings. The number of nitrogens with zero attached hydrogens (tertiary/aromatic N) is 2. The summed E-state index contributed by atoms with van der Waals surface area (Å²) in [6.45, 7) is 0. The molecule has 1 saturated carbocycles. The van der Waals surface area contributed by atoms with Crippen molar-refractivity contribution >= 4 is 22.7 Å². The first-order valence-corrected chi connectivity index (χ1v) is 10.4. The minimum Gasteiger partial charge on any atom is -0.306 e. The maximum absolute atomic E-state index is 13.9. The molecule has 0 aliphatic heterocycles. The topological polar surface area (TPSA) is 50.7 Å². The maximum atomic E-state index is 13.9. The van der Waals surface area contributed by atoms with Crippen LogP contribution < -0.4 is 5.69 Å². The summed E-state index contributed by atoms with van der Waals surface area (Å²) in [7, 11) is 0. The number of hydrogen-bond acceptors (Lipinski definition) is 2. The van der Waals surface area contributed by atoms with Gasteiger partial charge in [-0.2, -0.15) is 0 Å². The van der Waals surface area contributed by atoms with E-state index in [2.05, 4.69) is 22.1 Å². The van der Waals surface area contributed by atoms with Gasteiger partial charge in [-0.05, 0) is 84.4 Å². The Hall–Kier alpha value is -3.47. The third-order valence-electron chi connectivity index (χ3n) is 6.13. The van der Waals surface area contributed by atoms with Gasteiger partial charge in [0.05, 0.1) is 11.0 Å². The number of pyridine rings is 1. The van der Waals surface area contributed by atoms with Crippen LogP contribution in [0, 0.1) is 5.82 Å². The van der Waals surface area contributed by atoms with Crippen molar-refractivity contribution in [3.63, 3.8) is 0 Å². The molecule has 2 aromatic carbocycles. The van der Waals surface area contributed by atoms with Crippen LogP contribution in [0.4, 0.5) is 4.39 Å². The van der Waals surface area contributed by atoms with Crippen LogP contribution >= 0.6 is 0 Å². The molecule has 148 valence electrons. The number of H-pyrrole nitrogens is 1. The molecule has 0 atom stereocenters. The summed E-state index contributed by atoms with van der Waals surface area (Å²) >= 11 is 0. The van der Waals surface area contributed by atoms with Gasteiger partial charge in [-0.15, -0.1) is 0 Å². The average molecular weight is 397 g/mol. The number of nitrogens with one attached hydrogen (secondary N) is 1. The van der Waals surface area contributed by atoms with Gasteiger partial charge in [0.25, 0.3) is 0 Å². The maximum Gasteiger partial charge on any atom is 0.326 e. The van der Waals surface area contributed by atoms with E-state index < -0.39 is 0 Å². The Morgan fingerprint density at radius 3 is 2.83 bits per heavy atom. The summed E-state index contributed by atoms with van der Waals surface area (Å²) in [5, 5.41) is 0. The van der Waals surface area contributed by atoms with Crippen LogP contribution in [0.3, 0.4) is 0 Å². The molecule has 4 nitrogen and oxygen atoms in total. The fourth-order valence-electron chi connectivity index (χ4n) is 4.57. The van der Waals surface area contributed by atoms with Crippen LogP contribution in [0.2, 0.25) is 0 Å².